The first-order chi connectivity index (χ1) is 16.3. The van der Waals surface area contributed by atoms with Crippen LogP contribution in [0.5, 0.6) is 0 Å². The molecule has 0 aliphatic carbocycles. The highest BCUT2D eigenvalue weighted by atomic mass is 19.4. The van der Waals surface area contributed by atoms with E-state index in [9.17, 15) is 18.0 Å². The second kappa shape index (κ2) is 9.19. The maximum Gasteiger partial charge on any atom is 0.435 e. The van der Waals surface area contributed by atoms with Crippen LogP contribution in [0, 0.1) is 0 Å². The molecule has 0 saturated carbocycles. The largest absolute Gasteiger partial charge is 0.444 e. The van der Waals surface area contributed by atoms with Crippen molar-refractivity contribution in [3.05, 3.63) is 28.7 Å². The molecule has 0 bridgehead atoms. The molecule has 1 amide bonds. The molecule has 2 aromatic heterocycles. The molecule has 192 valence electrons. The van der Waals surface area contributed by atoms with E-state index in [2.05, 4.69) is 20.1 Å². The first-order valence-corrected chi connectivity index (χ1v) is 11.8. The van der Waals surface area contributed by atoms with Crippen LogP contribution in [0.4, 0.5) is 29.7 Å². The van der Waals surface area contributed by atoms with Crippen LogP contribution in [-0.2, 0) is 23.9 Å². The number of hydrogen-bond acceptors (Lipinski definition) is 7. The fourth-order valence-corrected chi connectivity index (χ4v) is 4.31. The Morgan fingerprint density at radius 1 is 1.09 bits per heavy atom. The van der Waals surface area contributed by atoms with Crippen molar-refractivity contribution in [3.63, 3.8) is 0 Å². The summed E-state index contributed by atoms with van der Waals surface area (Å²) in [5.74, 6) is 1.29. The zero-order valence-electron chi connectivity index (χ0n) is 20.7. The lowest BCUT2D eigenvalue weighted by atomic mass is 10.0. The molecule has 0 atom stereocenters. The van der Waals surface area contributed by atoms with Crippen LogP contribution in [-0.4, -0.2) is 69.5 Å². The highest BCUT2D eigenvalue weighted by Gasteiger charge is 2.39. The molecular formula is C23H32F3N7O2. The number of rotatable bonds is 3. The smallest absolute Gasteiger partial charge is 0.435 e. The number of alkyl halides is 3. The number of nitrogens with one attached hydrogen (secondary N) is 1. The molecule has 2 aliphatic heterocycles. The Kier molecular flexibility index (Phi) is 6.58. The number of ether oxygens (including phenoxy) is 1. The first-order valence-electron chi connectivity index (χ1n) is 11.8. The third-order valence-corrected chi connectivity index (χ3v) is 6.12. The number of halogens is 3. The summed E-state index contributed by atoms with van der Waals surface area (Å²) < 4.78 is 45.7. The number of anilines is 2. The van der Waals surface area contributed by atoms with E-state index in [0.29, 0.717) is 50.8 Å². The molecule has 35 heavy (non-hydrogen) atoms. The Labute approximate surface area is 202 Å². The van der Waals surface area contributed by atoms with Crippen molar-refractivity contribution in [3.8, 4) is 0 Å². The average molecular weight is 496 g/mol. The normalized spacial score (nSPS) is 17.1. The number of hydrogen-bond donors (Lipinski definition) is 1. The van der Waals surface area contributed by atoms with E-state index >= 15 is 0 Å². The Hall–Kier alpha value is -3.05. The summed E-state index contributed by atoms with van der Waals surface area (Å²) >= 11 is 0. The molecule has 0 aromatic carbocycles. The van der Waals surface area contributed by atoms with Crippen LogP contribution >= 0.6 is 0 Å². The van der Waals surface area contributed by atoms with Gasteiger partial charge in [-0.05, 0) is 26.7 Å². The second-order valence-electron chi connectivity index (χ2n) is 10.3. The molecule has 4 heterocycles. The molecule has 2 aromatic rings. The molecule has 9 nitrogen and oxygen atoms in total. The van der Waals surface area contributed by atoms with E-state index in [-0.39, 0.29) is 24.1 Å². The first kappa shape index (κ1) is 25.1. The molecular weight excluding hydrogens is 463 g/mol. The number of piperazine rings is 1. The highest BCUT2D eigenvalue weighted by molar-refractivity contribution is 5.68. The fraction of sp³-hybridized carbons (Fsp3) is 0.652. The van der Waals surface area contributed by atoms with Crippen LogP contribution in [0.1, 0.15) is 63.1 Å². The van der Waals surface area contributed by atoms with Crippen LogP contribution in [0.2, 0.25) is 0 Å². The van der Waals surface area contributed by atoms with Gasteiger partial charge in [0.25, 0.3) is 0 Å². The van der Waals surface area contributed by atoms with Gasteiger partial charge < -0.3 is 19.4 Å². The minimum absolute atomic E-state index is 0.0353. The lowest BCUT2D eigenvalue weighted by Crippen LogP contribution is -2.50. The van der Waals surface area contributed by atoms with Gasteiger partial charge in [-0.1, -0.05) is 13.8 Å². The maximum absolute atomic E-state index is 13.4. The third kappa shape index (κ3) is 5.46. The summed E-state index contributed by atoms with van der Waals surface area (Å²) in [5.41, 5.74) is 0.167. The van der Waals surface area contributed by atoms with Gasteiger partial charge in [-0.3, -0.25) is 5.10 Å². The van der Waals surface area contributed by atoms with Gasteiger partial charge in [0.15, 0.2) is 5.69 Å². The summed E-state index contributed by atoms with van der Waals surface area (Å²) in [6.07, 6.45) is -2.70. The van der Waals surface area contributed by atoms with E-state index < -0.39 is 17.5 Å². The number of fused-ring (bicyclic) bond motifs is 1. The highest BCUT2D eigenvalue weighted by Crippen LogP contribution is 2.35. The number of nitrogens with zero attached hydrogens (tertiary/aromatic N) is 6. The van der Waals surface area contributed by atoms with Gasteiger partial charge in [0.05, 0.1) is 0 Å². The molecule has 1 saturated heterocycles. The van der Waals surface area contributed by atoms with E-state index in [1.165, 1.54) is 0 Å². The van der Waals surface area contributed by atoms with E-state index in [1.807, 2.05) is 34.6 Å². The fourth-order valence-electron chi connectivity index (χ4n) is 4.31. The molecule has 1 N–H and O–H groups in total. The minimum atomic E-state index is -4.52. The standard InChI is InChI=1S/C23H32F3N7O2/c1-14(2)15-12-27-20(33-7-6-17-16(13-33)18(30-29-17)23(24,25)26)28-19(15)31-8-10-32(11-9-31)21(34)35-22(3,4)5/h12,14H,6-11,13H2,1-5H3,(H,29,30). The molecule has 2 aliphatic rings. The van der Waals surface area contributed by atoms with Crippen molar-refractivity contribution in [1.29, 1.82) is 0 Å². The lowest BCUT2D eigenvalue weighted by molar-refractivity contribution is -0.141. The zero-order valence-corrected chi connectivity index (χ0v) is 20.7. The van der Waals surface area contributed by atoms with E-state index in [1.54, 1.807) is 16.0 Å². The number of amides is 1. The van der Waals surface area contributed by atoms with Crippen molar-refractivity contribution in [2.75, 3.05) is 42.5 Å². The van der Waals surface area contributed by atoms with Gasteiger partial charge >= 0.3 is 12.3 Å². The molecule has 4 rings (SSSR count). The molecule has 0 radical (unpaired) electrons. The average Bonchev–Trinajstić information content (AvgIpc) is 3.21. The summed E-state index contributed by atoms with van der Waals surface area (Å²) in [6.45, 7) is 12.2. The summed E-state index contributed by atoms with van der Waals surface area (Å²) in [7, 11) is 0. The predicted octanol–water partition coefficient (Wildman–Crippen LogP) is 3.96. The maximum atomic E-state index is 13.4. The number of aromatic nitrogens is 4. The van der Waals surface area contributed by atoms with Crippen molar-refractivity contribution in [2.45, 2.75) is 65.3 Å². The zero-order chi connectivity index (χ0) is 25.5. The summed E-state index contributed by atoms with van der Waals surface area (Å²) in [5, 5.41) is 6.03. The number of H-pyrrole nitrogens is 1. The summed E-state index contributed by atoms with van der Waals surface area (Å²) in [4.78, 5) is 27.3. The lowest BCUT2D eigenvalue weighted by Gasteiger charge is -2.37. The molecule has 0 unspecified atom stereocenters. The van der Waals surface area contributed by atoms with Crippen LogP contribution in [0.15, 0.2) is 6.20 Å². The molecule has 12 heteroatoms. The van der Waals surface area contributed by atoms with E-state index in [0.717, 1.165) is 11.4 Å². The number of carbonyl (C=O) groups excluding carboxylic acids is 1. The van der Waals surface area contributed by atoms with Gasteiger partial charge in [-0.15, -0.1) is 0 Å². The summed E-state index contributed by atoms with van der Waals surface area (Å²) in [6, 6.07) is 0. The monoisotopic (exact) mass is 495 g/mol. The minimum Gasteiger partial charge on any atom is -0.444 e. The third-order valence-electron chi connectivity index (χ3n) is 6.12. The Bertz CT molecular complexity index is 1070. The quantitative estimate of drug-likeness (QED) is 0.689. The topological polar surface area (TPSA) is 90.5 Å². The van der Waals surface area contributed by atoms with Crippen molar-refractivity contribution in [2.24, 2.45) is 0 Å². The van der Waals surface area contributed by atoms with Gasteiger partial charge in [0, 0.05) is 68.7 Å². The van der Waals surface area contributed by atoms with Crippen LogP contribution in [0.25, 0.3) is 0 Å². The van der Waals surface area contributed by atoms with Gasteiger partial charge in [0.2, 0.25) is 5.95 Å². The second-order valence-corrected chi connectivity index (χ2v) is 10.3. The van der Waals surface area contributed by atoms with Crippen molar-refractivity contribution in [1.82, 2.24) is 25.1 Å². The SMILES string of the molecule is CC(C)c1cnc(N2CCc3[nH]nc(C(F)(F)F)c3C2)nc1N1CCN(C(=O)OC(C)(C)C)CC1. The van der Waals surface area contributed by atoms with Crippen molar-refractivity contribution < 1.29 is 22.7 Å². The molecule has 1 fully saturated rings. The van der Waals surface area contributed by atoms with Gasteiger partial charge in [0.1, 0.15) is 11.4 Å². The Morgan fingerprint density at radius 3 is 2.37 bits per heavy atom. The Morgan fingerprint density at radius 2 is 1.77 bits per heavy atom. The van der Waals surface area contributed by atoms with Gasteiger partial charge in [-0.2, -0.15) is 23.3 Å². The number of carbonyl (C=O) groups is 1. The van der Waals surface area contributed by atoms with Crippen LogP contribution < -0.4 is 9.80 Å². The molecule has 0 spiro atoms. The van der Waals surface area contributed by atoms with E-state index in [4.69, 9.17) is 9.72 Å². The Balaban J connectivity index is 1.54. The van der Waals surface area contributed by atoms with Gasteiger partial charge in [-0.25, -0.2) is 9.78 Å². The van der Waals surface area contributed by atoms with Crippen molar-refractivity contribution >= 4 is 17.9 Å². The number of aromatic amines is 1. The van der Waals surface area contributed by atoms with Crippen LogP contribution in [0.3, 0.4) is 0 Å². The predicted molar refractivity (Wildman–Crippen MR) is 124 cm³/mol.